The molecule has 90 valence electrons. The molecule has 3 N–H and O–H groups in total. The van der Waals surface area contributed by atoms with Crippen LogP contribution in [0.3, 0.4) is 0 Å². The predicted molar refractivity (Wildman–Crippen MR) is 63.6 cm³/mol. The molecule has 1 atom stereocenters. The van der Waals surface area contributed by atoms with E-state index in [4.69, 9.17) is 10.8 Å². The van der Waals surface area contributed by atoms with Crippen LogP contribution in [0.2, 0.25) is 0 Å². The van der Waals surface area contributed by atoms with E-state index in [0.29, 0.717) is 30.8 Å². The van der Waals surface area contributed by atoms with E-state index in [2.05, 4.69) is 0 Å². The average molecular weight is 234 g/mol. The van der Waals surface area contributed by atoms with Crippen LogP contribution in [0, 0.1) is 5.92 Å². The Bertz CT molecular complexity index is 459. The molecule has 0 bridgehead atoms. The number of rotatable bonds is 2. The standard InChI is InChI=1S/C12H14N2O3/c13-8-3-1-4-9(7-8)14-6-2-5-10(11(14)15)12(16)17/h1,3-4,7,10H,2,5-6,13H2,(H,16,17)/t10-/m1/s1. The molecule has 1 heterocycles. The van der Waals surface area contributed by atoms with Gasteiger partial charge in [-0.2, -0.15) is 0 Å². The van der Waals surface area contributed by atoms with Gasteiger partial charge in [0.05, 0.1) is 0 Å². The number of anilines is 2. The van der Waals surface area contributed by atoms with Gasteiger partial charge in [-0.1, -0.05) is 6.07 Å². The summed E-state index contributed by atoms with van der Waals surface area (Å²) >= 11 is 0. The van der Waals surface area contributed by atoms with Crippen molar-refractivity contribution in [3.8, 4) is 0 Å². The van der Waals surface area contributed by atoms with Crippen LogP contribution in [0.15, 0.2) is 24.3 Å². The molecular weight excluding hydrogens is 220 g/mol. The molecule has 0 aromatic heterocycles. The molecule has 0 aliphatic carbocycles. The van der Waals surface area contributed by atoms with Crippen LogP contribution in [-0.4, -0.2) is 23.5 Å². The van der Waals surface area contributed by atoms with E-state index in [1.54, 1.807) is 24.3 Å². The number of piperidine rings is 1. The number of carboxylic acids is 1. The number of nitrogen functional groups attached to an aromatic ring is 1. The van der Waals surface area contributed by atoms with Gasteiger partial charge in [0, 0.05) is 17.9 Å². The minimum Gasteiger partial charge on any atom is -0.481 e. The Balaban J connectivity index is 2.27. The zero-order valence-electron chi connectivity index (χ0n) is 9.30. The van der Waals surface area contributed by atoms with Gasteiger partial charge in [-0.05, 0) is 31.0 Å². The first kappa shape index (κ1) is 11.4. The number of carboxylic acid groups (broad SMARTS) is 1. The molecule has 1 saturated heterocycles. The number of hydrogen-bond acceptors (Lipinski definition) is 3. The molecule has 1 amide bonds. The molecule has 2 rings (SSSR count). The molecule has 0 saturated carbocycles. The molecule has 1 aliphatic heterocycles. The third-order valence-corrected chi connectivity index (χ3v) is 2.92. The van der Waals surface area contributed by atoms with Gasteiger partial charge in [-0.15, -0.1) is 0 Å². The predicted octanol–water partition coefficient (Wildman–Crippen LogP) is 1.10. The van der Waals surface area contributed by atoms with Crippen LogP contribution in [0.5, 0.6) is 0 Å². The Morgan fingerprint density at radius 1 is 1.47 bits per heavy atom. The van der Waals surface area contributed by atoms with E-state index in [9.17, 15) is 9.59 Å². The number of carbonyl (C=O) groups excluding carboxylic acids is 1. The highest BCUT2D eigenvalue weighted by Crippen LogP contribution is 2.25. The first-order chi connectivity index (χ1) is 8.09. The second kappa shape index (κ2) is 4.45. The summed E-state index contributed by atoms with van der Waals surface area (Å²) in [6.07, 6.45) is 1.10. The highest BCUT2D eigenvalue weighted by Gasteiger charge is 2.34. The second-order valence-electron chi connectivity index (χ2n) is 4.12. The Kier molecular flexibility index (Phi) is 2.99. The van der Waals surface area contributed by atoms with E-state index in [1.165, 1.54) is 4.90 Å². The van der Waals surface area contributed by atoms with Crippen LogP contribution in [0.1, 0.15) is 12.8 Å². The van der Waals surface area contributed by atoms with Crippen molar-refractivity contribution in [3.05, 3.63) is 24.3 Å². The van der Waals surface area contributed by atoms with Crippen molar-refractivity contribution in [1.29, 1.82) is 0 Å². The summed E-state index contributed by atoms with van der Waals surface area (Å²) in [5, 5.41) is 8.96. The lowest BCUT2D eigenvalue weighted by molar-refractivity contribution is -0.147. The Labute approximate surface area is 98.8 Å². The second-order valence-corrected chi connectivity index (χ2v) is 4.12. The molecule has 0 radical (unpaired) electrons. The number of benzene rings is 1. The first-order valence-corrected chi connectivity index (χ1v) is 5.49. The van der Waals surface area contributed by atoms with E-state index < -0.39 is 11.9 Å². The maximum atomic E-state index is 12.0. The number of hydrogen-bond donors (Lipinski definition) is 2. The van der Waals surface area contributed by atoms with Crippen molar-refractivity contribution in [2.45, 2.75) is 12.8 Å². The van der Waals surface area contributed by atoms with Crippen LogP contribution in [0.4, 0.5) is 11.4 Å². The SMILES string of the molecule is Nc1cccc(N2CCC[C@@H](C(=O)O)C2=O)c1. The van der Waals surface area contributed by atoms with Gasteiger partial charge in [0.1, 0.15) is 5.92 Å². The summed E-state index contributed by atoms with van der Waals surface area (Å²) in [6.45, 7) is 0.548. The quantitative estimate of drug-likeness (QED) is 0.592. The maximum absolute atomic E-state index is 12.0. The third kappa shape index (κ3) is 2.22. The fraction of sp³-hybridized carbons (Fsp3) is 0.333. The van der Waals surface area contributed by atoms with Crippen molar-refractivity contribution in [2.24, 2.45) is 5.92 Å². The van der Waals surface area contributed by atoms with Crippen LogP contribution in [-0.2, 0) is 9.59 Å². The monoisotopic (exact) mass is 234 g/mol. The van der Waals surface area contributed by atoms with Gasteiger partial charge in [0.25, 0.3) is 0 Å². The van der Waals surface area contributed by atoms with Gasteiger partial charge < -0.3 is 15.7 Å². The van der Waals surface area contributed by atoms with E-state index in [-0.39, 0.29) is 5.91 Å². The smallest absolute Gasteiger partial charge is 0.316 e. The van der Waals surface area contributed by atoms with E-state index in [1.807, 2.05) is 0 Å². The molecule has 1 aromatic carbocycles. The number of amides is 1. The van der Waals surface area contributed by atoms with Gasteiger partial charge in [-0.3, -0.25) is 9.59 Å². The lowest BCUT2D eigenvalue weighted by atomic mass is 9.96. The Morgan fingerprint density at radius 3 is 2.88 bits per heavy atom. The van der Waals surface area contributed by atoms with Gasteiger partial charge in [-0.25, -0.2) is 0 Å². The number of nitrogens with zero attached hydrogens (tertiary/aromatic N) is 1. The topological polar surface area (TPSA) is 83.6 Å². The highest BCUT2D eigenvalue weighted by molar-refractivity contribution is 6.06. The fourth-order valence-corrected chi connectivity index (χ4v) is 2.05. The number of nitrogens with two attached hydrogens (primary N) is 1. The molecule has 0 unspecified atom stereocenters. The number of aliphatic carboxylic acids is 1. The molecule has 1 aliphatic rings. The van der Waals surface area contributed by atoms with E-state index >= 15 is 0 Å². The average Bonchev–Trinajstić information content (AvgIpc) is 2.29. The van der Waals surface area contributed by atoms with Gasteiger partial charge >= 0.3 is 5.97 Å². The van der Waals surface area contributed by atoms with Crippen molar-refractivity contribution in [2.75, 3.05) is 17.2 Å². The lowest BCUT2D eigenvalue weighted by Gasteiger charge is -2.30. The lowest BCUT2D eigenvalue weighted by Crippen LogP contribution is -2.44. The van der Waals surface area contributed by atoms with Gasteiger partial charge in [0.15, 0.2) is 0 Å². The zero-order valence-corrected chi connectivity index (χ0v) is 9.30. The minimum atomic E-state index is -1.05. The minimum absolute atomic E-state index is 0.352. The zero-order chi connectivity index (χ0) is 12.4. The first-order valence-electron chi connectivity index (χ1n) is 5.49. The Morgan fingerprint density at radius 2 is 2.24 bits per heavy atom. The third-order valence-electron chi connectivity index (χ3n) is 2.92. The van der Waals surface area contributed by atoms with Crippen LogP contribution in [0.25, 0.3) is 0 Å². The molecule has 0 spiro atoms. The molecule has 5 heteroatoms. The summed E-state index contributed by atoms with van der Waals surface area (Å²) in [5.74, 6) is -2.33. The molecular formula is C12H14N2O3. The summed E-state index contributed by atoms with van der Waals surface area (Å²) in [4.78, 5) is 24.4. The summed E-state index contributed by atoms with van der Waals surface area (Å²) in [6, 6.07) is 6.93. The molecule has 1 aromatic rings. The molecule has 5 nitrogen and oxygen atoms in total. The van der Waals surface area contributed by atoms with Crippen molar-refractivity contribution >= 4 is 23.3 Å². The van der Waals surface area contributed by atoms with Crippen molar-refractivity contribution < 1.29 is 14.7 Å². The largest absolute Gasteiger partial charge is 0.481 e. The van der Waals surface area contributed by atoms with Crippen LogP contribution >= 0.6 is 0 Å². The van der Waals surface area contributed by atoms with Crippen LogP contribution < -0.4 is 10.6 Å². The van der Waals surface area contributed by atoms with E-state index in [0.717, 1.165) is 0 Å². The molecule has 17 heavy (non-hydrogen) atoms. The molecule has 1 fully saturated rings. The summed E-state index contributed by atoms with van der Waals surface area (Å²) in [7, 11) is 0. The summed E-state index contributed by atoms with van der Waals surface area (Å²) < 4.78 is 0. The van der Waals surface area contributed by atoms with Crippen molar-refractivity contribution in [3.63, 3.8) is 0 Å². The summed E-state index contributed by atoms with van der Waals surface area (Å²) in [5.41, 5.74) is 6.88. The Hall–Kier alpha value is -2.04. The van der Waals surface area contributed by atoms with Gasteiger partial charge in [0.2, 0.25) is 5.91 Å². The normalized spacial score (nSPS) is 20.4. The fourth-order valence-electron chi connectivity index (χ4n) is 2.05. The van der Waals surface area contributed by atoms with Crippen molar-refractivity contribution in [1.82, 2.24) is 0 Å². The number of carbonyl (C=O) groups is 2. The maximum Gasteiger partial charge on any atom is 0.316 e. The highest BCUT2D eigenvalue weighted by atomic mass is 16.4.